The van der Waals surface area contributed by atoms with Gasteiger partial charge in [-0.2, -0.15) is 0 Å². The first-order valence-electron chi connectivity index (χ1n) is 12.1. The van der Waals surface area contributed by atoms with E-state index >= 15 is 0 Å². The molecule has 2 unspecified atom stereocenters. The molecule has 0 heterocycles. The van der Waals surface area contributed by atoms with Crippen molar-refractivity contribution in [3.05, 3.63) is 71.3 Å². The van der Waals surface area contributed by atoms with E-state index in [-0.39, 0.29) is 23.0 Å². The number of halogens is 1. The lowest BCUT2D eigenvalue weighted by Gasteiger charge is -2.24. The number of carbonyl (C=O) groups is 1. The van der Waals surface area contributed by atoms with Gasteiger partial charge in [0.25, 0.3) is 0 Å². The van der Waals surface area contributed by atoms with Crippen LogP contribution in [0.2, 0.25) is 0 Å². The van der Waals surface area contributed by atoms with E-state index in [1.54, 1.807) is 0 Å². The van der Waals surface area contributed by atoms with E-state index in [0.29, 0.717) is 12.8 Å². The summed E-state index contributed by atoms with van der Waals surface area (Å²) in [6.45, 7) is 0. The van der Waals surface area contributed by atoms with Crippen LogP contribution in [0.15, 0.2) is 54.6 Å². The summed E-state index contributed by atoms with van der Waals surface area (Å²) in [5, 5.41) is 10.7. The van der Waals surface area contributed by atoms with Gasteiger partial charge in [0.2, 0.25) is 0 Å². The second-order valence-corrected chi connectivity index (χ2v) is 10.2. The Kier molecular flexibility index (Phi) is 7.85. The number of carbonyl (C=O) groups excluding carboxylic acids is 1. The van der Waals surface area contributed by atoms with Crippen molar-refractivity contribution in [2.24, 2.45) is 11.8 Å². The van der Waals surface area contributed by atoms with Crippen molar-refractivity contribution in [1.82, 2.24) is 0 Å². The van der Waals surface area contributed by atoms with Crippen molar-refractivity contribution in [2.75, 3.05) is 0 Å². The van der Waals surface area contributed by atoms with E-state index in [4.69, 9.17) is 11.6 Å². The minimum absolute atomic E-state index is 0.0134. The second kappa shape index (κ2) is 10.8. The van der Waals surface area contributed by atoms with Crippen LogP contribution in [-0.4, -0.2) is 22.4 Å². The summed E-state index contributed by atoms with van der Waals surface area (Å²) >= 11 is 6.67. The van der Waals surface area contributed by atoms with Gasteiger partial charge in [-0.05, 0) is 48.6 Å². The minimum atomic E-state index is -0.420. The van der Waals surface area contributed by atoms with Gasteiger partial charge in [0, 0.05) is 23.3 Å². The third-order valence-corrected chi connectivity index (χ3v) is 8.04. The van der Waals surface area contributed by atoms with Crippen LogP contribution in [0.25, 0.3) is 0 Å². The van der Waals surface area contributed by atoms with E-state index < -0.39 is 6.10 Å². The normalized spacial score (nSPS) is 26.8. The molecule has 2 aliphatic rings. The molecule has 2 nitrogen and oxygen atoms in total. The Morgan fingerprint density at radius 1 is 0.935 bits per heavy atom. The van der Waals surface area contributed by atoms with Gasteiger partial charge in [0.15, 0.2) is 5.78 Å². The lowest BCUT2D eigenvalue weighted by molar-refractivity contribution is 0.0970. The fourth-order valence-corrected chi connectivity index (χ4v) is 6.18. The third kappa shape index (κ3) is 5.79. The van der Waals surface area contributed by atoms with Crippen LogP contribution in [0.5, 0.6) is 0 Å². The van der Waals surface area contributed by atoms with Gasteiger partial charge in [0.1, 0.15) is 0 Å². The molecule has 2 aliphatic carbocycles. The number of rotatable bonds is 8. The number of benzene rings is 2. The quantitative estimate of drug-likeness (QED) is 0.358. The highest BCUT2D eigenvalue weighted by molar-refractivity contribution is 6.21. The average molecular weight is 439 g/mol. The van der Waals surface area contributed by atoms with Crippen LogP contribution in [-0.2, 0) is 6.42 Å². The molecule has 3 heteroatoms. The highest BCUT2D eigenvalue weighted by Gasteiger charge is 2.42. The first-order chi connectivity index (χ1) is 15.1. The summed E-state index contributed by atoms with van der Waals surface area (Å²) in [6.07, 6.45) is 10.4. The number of ketones is 1. The zero-order valence-electron chi connectivity index (χ0n) is 18.4. The molecule has 1 N–H and O–H groups in total. The average Bonchev–Trinajstić information content (AvgIpc) is 3.10. The molecule has 4 atom stereocenters. The van der Waals surface area contributed by atoms with Crippen LogP contribution in [0, 0.1) is 11.8 Å². The zero-order valence-corrected chi connectivity index (χ0v) is 19.1. The van der Waals surface area contributed by atoms with E-state index in [1.807, 2.05) is 30.3 Å². The Bertz CT molecular complexity index is 826. The monoisotopic (exact) mass is 438 g/mol. The van der Waals surface area contributed by atoms with E-state index in [0.717, 1.165) is 36.3 Å². The first-order valence-corrected chi connectivity index (χ1v) is 12.5. The number of Topliss-reactive ketones (excluding diaryl/α,β-unsaturated/α-hetero) is 1. The van der Waals surface area contributed by atoms with E-state index in [9.17, 15) is 9.90 Å². The SMILES string of the molecule is O=C(CCC1CCCCC1)c1ccc(C2C(CCc3ccccc3)[C@H](Cl)C[C@H]2O)cc1. The van der Waals surface area contributed by atoms with Crippen molar-refractivity contribution in [1.29, 1.82) is 0 Å². The summed E-state index contributed by atoms with van der Waals surface area (Å²) in [5.41, 5.74) is 3.22. The molecule has 0 spiro atoms. The van der Waals surface area contributed by atoms with Crippen molar-refractivity contribution in [3.63, 3.8) is 0 Å². The lowest BCUT2D eigenvalue weighted by atomic mass is 9.83. The smallest absolute Gasteiger partial charge is 0.162 e. The molecule has 2 saturated carbocycles. The molecule has 0 bridgehead atoms. The van der Waals surface area contributed by atoms with Gasteiger partial charge in [-0.25, -0.2) is 0 Å². The molecule has 0 saturated heterocycles. The lowest BCUT2D eigenvalue weighted by Crippen LogP contribution is -2.19. The number of aliphatic hydroxyl groups is 1. The van der Waals surface area contributed by atoms with Crippen molar-refractivity contribution in [3.8, 4) is 0 Å². The fourth-order valence-electron chi connectivity index (χ4n) is 5.72. The summed E-state index contributed by atoms with van der Waals surface area (Å²) in [6, 6.07) is 18.5. The summed E-state index contributed by atoms with van der Waals surface area (Å²) < 4.78 is 0. The van der Waals surface area contributed by atoms with Gasteiger partial charge in [-0.15, -0.1) is 11.6 Å². The number of aliphatic hydroxyl groups excluding tert-OH is 1. The Labute approximate surface area is 192 Å². The second-order valence-electron chi connectivity index (χ2n) is 9.62. The van der Waals surface area contributed by atoms with Crippen LogP contribution in [0.3, 0.4) is 0 Å². The van der Waals surface area contributed by atoms with Crippen LogP contribution in [0.4, 0.5) is 0 Å². The predicted octanol–water partition coefficient (Wildman–Crippen LogP) is 6.93. The van der Waals surface area contributed by atoms with Gasteiger partial charge in [-0.3, -0.25) is 4.79 Å². The largest absolute Gasteiger partial charge is 0.392 e. The highest BCUT2D eigenvalue weighted by atomic mass is 35.5. The Balaban J connectivity index is 1.38. The Morgan fingerprint density at radius 2 is 1.65 bits per heavy atom. The maximum atomic E-state index is 12.7. The molecule has 31 heavy (non-hydrogen) atoms. The summed E-state index contributed by atoms with van der Waals surface area (Å²) in [7, 11) is 0. The summed E-state index contributed by atoms with van der Waals surface area (Å²) in [4.78, 5) is 12.7. The number of hydrogen-bond acceptors (Lipinski definition) is 2. The van der Waals surface area contributed by atoms with Gasteiger partial charge >= 0.3 is 0 Å². The van der Waals surface area contributed by atoms with E-state index in [1.165, 1.54) is 37.7 Å². The molecule has 0 aliphatic heterocycles. The standard InChI is InChI=1S/C28H35ClO2/c29-25-19-27(31)28(24(25)17-11-20-7-3-1-4-8-20)23-15-13-22(14-16-23)26(30)18-12-21-9-5-2-6-10-21/h1,3-4,7-8,13-16,21,24-25,27-28,31H,2,5-6,9-12,17-19H2/t24?,25-,27-,28?/m1/s1. The number of alkyl halides is 1. The first kappa shape index (κ1) is 22.6. The number of hydrogen-bond donors (Lipinski definition) is 1. The molecule has 166 valence electrons. The van der Waals surface area contributed by atoms with Crippen LogP contribution < -0.4 is 0 Å². The molecule has 0 aromatic heterocycles. The molecular weight excluding hydrogens is 404 g/mol. The number of aryl methyl sites for hydroxylation is 1. The topological polar surface area (TPSA) is 37.3 Å². The van der Waals surface area contributed by atoms with Gasteiger partial charge in [0.05, 0.1) is 6.10 Å². The molecule has 4 rings (SSSR count). The van der Waals surface area contributed by atoms with Gasteiger partial charge in [-0.1, -0.05) is 86.7 Å². The maximum Gasteiger partial charge on any atom is 0.162 e. The molecule has 0 amide bonds. The molecule has 2 fully saturated rings. The zero-order chi connectivity index (χ0) is 21.6. The van der Waals surface area contributed by atoms with Crippen LogP contribution >= 0.6 is 11.6 Å². The van der Waals surface area contributed by atoms with E-state index in [2.05, 4.69) is 24.3 Å². The Hall–Kier alpha value is -1.64. The molecule has 2 aromatic rings. The van der Waals surface area contributed by atoms with Crippen LogP contribution in [0.1, 0.15) is 85.2 Å². The fraction of sp³-hybridized carbons (Fsp3) is 0.536. The maximum absolute atomic E-state index is 12.7. The highest BCUT2D eigenvalue weighted by Crippen LogP contribution is 2.45. The van der Waals surface area contributed by atoms with Crippen molar-refractivity contribution < 1.29 is 9.90 Å². The summed E-state index contributed by atoms with van der Waals surface area (Å²) in [5.74, 6) is 1.26. The van der Waals surface area contributed by atoms with Gasteiger partial charge < -0.3 is 5.11 Å². The third-order valence-electron chi connectivity index (χ3n) is 7.54. The predicted molar refractivity (Wildman–Crippen MR) is 128 cm³/mol. The minimum Gasteiger partial charge on any atom is -0.392 e. The molecule has 2 aromatic carbocycles. The Morgan fingerprint density at radius 3 is 2.35 bits per heavy atom. The van der Waals surface area contributed by atoms with Crippen molar-refractivity contribution in [2.45, 2.75) is 81.6 Å². The molecular formula is C28H35ClO2. The van der Waals surface area contributed by atoms with Crippen molar-refractivity contribution >= 4 is 17.4 Å². The molecule has 0 radical (unpaired) electrons.